The van der Waals surface area contributed by atoms with E-state index >= 15 is 0 Å². The molecule has 6 nitrogen and oxygen atoms in total. The first-order valence-electron chi connectivity index (χ1n) is 10.0. The maximum absolute atomic E-state index is 9.54. The molecular formula is C22H27ClN4O2. The predicted molar refractivity (Wildman–Crippen MR) is 113 cm³/mol. The third-order valence-corrected chi connectivity index (χ3v) is 5.69. The normalized spacial score (nSPS) is 18.4. The largest absolute Gasteiger partial charge is 0.465 e. The summed E-state index contributed by atoms with van der Waals surface area (Å²) in [6.07, 6.45) is 4.76. The molecule has 0 amide bonds. The Morgan fingerprint density at radius 1 is 1.14 bits per heavy atom. The lowest BCUT2D eigenvalue weighted by Crippen LogP contribution is -2.52. The van der Waals surface area contributed by atoms with Crippen molar-refractivity contribution in [3.05, 3.63) is 70.9 Å². The van der Waals surface area contributed by atoms with Crippen LogP contribution in [0.1, 0.15) is 23.5 Å². The lowest BCUT2D eigenvalue weighted by atomic mass is 10.1. The van der Waals surface area contributed by atoms with E-state index < -0.39 is 0 Å². The van der Waals surface area contributed by atoms with Crippen molar-refractivity contribution in [3.63, 3.8) is 0 Å². The Morgan fingerprint density at radius 3 is 2.69 bits per heavy atom. The second-order valence-corrected chi connectivity index (χ2v) is 8.09. The summed E-state index contributed by atoms with van der Waals surface area (Å²) in [6, 6.07) is 12.0. The van der Waals surface area contributed by atoms with E-state index in [4.69, 9.17) is 16.0 Å². The highest BCUT2D eigenvalue weighted by molar-refractivity contribution is 6.30. The van der Waals surface area contributed by atoms with Crippen molar-refractivity contribution in [1.82, 2.24) is 19.6 Å². The molecule has 2 aromatic heterocycles. The number of aryl methyl sites for hydroxylation is 1. The van der Waals surface area contributed by atoms with E-state index in [-0.39, 0.29) is 6.61 Å². The van der Waals surface area contributed by atoms with E-state index in [9.17, 15) is 5.11 Å². The quantitative estimate of drug-likeness (QED) is 0.641. The Kier molecular flexibility index (Phi) is 6.35. The van der Waals surface area contributed by atoms with Gasteiger partial charge in [-0.05, 0) is 49.7 Å². The predicted octanol–water partition coefficient (Wildman–Crippen LogP) is 3.50. The van der Waals surface area contributed by atoms with Gasteiger partial charge in [-0.1, -0.05) is 11.6 Å². The van der Waals surface area contributed by atoms with Gasteiger partial charge in [0.25, 0.3) is 0 Å². The average Bonchev–Trinajstić information content (AvgIpc) is 3.34. The molecular weight excluding hydrogens is 388 g/mol. The van der Waals surface area contributed by atoms with Crippen LogP contribution in [0.3, 0.4) is 0 Å². The molecule has 1 aliphatic heterocycles. The number of halogens is 1. The fraction of sp³-hybridized carbons (Fsp3) is 0.409. The van der Waals surface area contributed by atoms with Gasteiger partial charge < -0.3 is 9.52 Å². The van der Waals surface area contributed by atoms with Crippen molar-refractivity contribution >= 4 is 11.6 Å². The molecule has 0 bridgehead atoms. The molecule has 7 heteroatoms. The number of aromatic nitrogens is 2. The first-order chi connectivity index (χ1) is 14.1. The van der Waals surface area contributed by atoms with Crippen LogP contribution in [0.5, 0.6) is 0 Å². The number of benzene rings is 1. The Balaban J connectivity index is 1.38. The average molecular weight is 415 g/mol. The molecule has 4 rings (SSSR count). The molecule has 3 aromatic rings. The van der Waals surface area contributed by atoms with Crippen LogP contribution in [0.4, 0.5) is 0 Å². The molecule has 1 atom stereocenters. The maximum atomic E-state index is 9.54. The lowest BCUT2D eigenvalue weighted by Gasteiger charge is -2.41. The molecule has 0 aliphatic carbocycles. The van der Waals surface area contributed by atoms with Crippen LogP contribution >= 0.6 is 11.6 Å². The van der Waals surface area contributed by atoms with Gasteiger partial charge in [-0.15, -0.1) is 0 Å². The number of furan rings is 1. The van der Waals surface area contributed by atoms with E-state index in [2.05, 4.69) is 21.1 Å². The molecule has 0 saturated carbocycles. The van der Waals surface area contributed by atoms with Gasteiger partial charge in [0.05, 0.1) is 18.4 Å². The fourth-order valence-electron chi connectivity index (χ4n) is 3.94. The second-order valence-electron chi connectivity index (χ2n) is 7.65. The van der Waals surface area contributed by atoms with Crippen molar-refractivity contribution in [2.75, 3.05) is 26.2 Å². The van der Waals surface area contributed by atoms with E-state index in [0.717, 1.165) is 61.4 Å². The Hall–Kier alpha value is -2.12. The van der Waals surface area contributed by atoms with Crippen molar-refractivity contribution < 1.29 is 9.52 Å². The number of aliphatic hydroxyl groups is 1. The summed E-state index contributed by atoms with van der Waals surface area (Å²) < 4.78 is 7.63. The van der Waals surface area contributed by atoms with Crippen LogP contribution in [0.2, 0.25) is 5.02 Å². The van der Waals surface area contributed by atoms with Gasteiger partial charge >= 0.3 is 0 Å². The number of aliphatic hydroxyl groups excluding tert-OH is 1. The maximum Gasteiger partial charge on any atom is 0.118 e. The van der Waals surface area contributed by atoms with Crippen molar-refractivity contribution in [2.24, 2.45) is 0 Å². The molecule has 0 radical (unpaired) electrons. The van der Waals surface area contributed by atoms with E-state index in [1.54, 1.807) is 0 Å². The van der Waals surface area contributed by atoms with E-state index in [0.29, 0.717) is 6.04 Å². The summed E-state index contributed by atoms with van der Waals surface area (Å²) >= 11 is 5.97. The molecule has 29 heavy (non-hydrogen) atoms. The Bertz CT molecular complexity index is 921. The molecule has 1 aromatic carbocycles. The van der Waals surface area contributed by atoms with Gasteiger partial charge in [0.1, 0.15) is 11.5 Å². The highest BCUT2D eigenvalue weighted by atomic mass is 35.5. The summed E-state index contributed by atoms with van der Waals surface area (Å²) in [6.45, 7) is 6.66. The number of hydrogen-bond donors (Lipinski definition) is 1. The van der Waals surface area contributed by atoms with Crippen LogP contribution in [0.25, 0.3) is 5.69 Å². The van der Waals surface area contributed by atoms with Crippen LogP contribution in [-0.4, -0.2) is 57.0 Å². The fourth-order valence-corrected chi connectivity index (χ4v) is 4.06. The van der Waals surface area contributed by atoms with Crippen LogP contribution in [0, 0.1) is 6.92 Å². The third kappa shape index (κ3) is 5.08. The minimum Gasteiger partial charge on any atom is -0.465 e. The summed E-state index contributed by atoms with van der Waals surface area (Å²) in [5.74, 6) is 1.93. The number of hydrogen-bond acceptors (Lipinski definition) is 5. The first-order valence-corrected chi connectivity index (χ1v) is 10.4. The molecule has 154 valence electrons. The minimum atomic E-state index is 0.195. The van der Waals surface area contributed by atoms with E-state index in [1.165, 1.54) is 5.56 Å². The Labute approximate surface area is 176 Å². The van der Waals surface area contributed by atoms with Crippen LogP contribution in [0.15, 0.2) is 53.2 Å². The van der Waals surface area contributed by atoms with Crippen molar-refractivity contribution in [1.29, 1.82) is 0 Å². The number of nitrogens with zero attached hydrogens (tertiary/aromatic N) is 4. The van der Waals surface area contributed by atoms with E-state index in [1.807, 2.05) is 54.2 Å². The number of piperazine rings is 1. The van der Waals surface area contributed by atoms with Crippen LogP contribution in [-0.2, 0) is 13.1 Å². The topological polar surface area (TPSA) is 57.7 Å². The SMILES string of the molecule is Cc1ccc(CN2CCN(Cc3cnn(-c4ccc(Cl)cc4)c3)C[C@H]2CCO)o1. The monoisotopic (exact) mass is 414 g/mol. The van der Waals surface area contributed by atoms with Crippen molar-refractivity contribution in [3.8, 4) is 5.69 Å². The third-order valence-electron chi connectivity index (χ3n) is 5.44. The first kappa shape index (κ1) is 20.2. The van der Waals surface area contributed by atoms with Gasteiger partial charge in [-0.2, -0.15) is 5.10 Å². The zero-order valence-electron chi connectivity index (χ0n) is 16.7. The highest BCUT2D eigenvalue weighted by Crippen LogP contribution is 2.20. The number of rotatable bonds is 7. The van der Waals surface area contributed by atoms with Crippen molar-refractivity contribution in [2.45, 2.75) is 32.5 Å². The summed E-state index contributed by atoms with van der Waals surface area (Å²) in [5.41, 5.74) is 2.18. The Morgan fingerprint density at radius 2 is 1.97 bits per heavy atom. The zero-order chi connectivity index (χ0) is 20.2. The van der Waals surface area contributed by atoms with Gasteiger partial charge in [0, 0.05) is 55.6 Å². The molecule has 3 heterocycles. The summed E-state index contributed by atoms with van der Waals surface area (Å²) in [4.78, 5) is 4.86. The van der Waals surface area contributed by atoms with Gasteiger partial charge in [-0.3, -0.25) is 9.80 Å². The molecule has 1 N–H and O–H groups in total. The molecule has 0 spiro atoms. The summed E-state index contributed by atoms with van der Waals surface area (Å²) in [5, 5.41) is 14.8. The summed E-state index contributed by atoms with van der Waals surface area (Å²) in [7, 11) is 0. The second kappa shape index (κ2) is 9.13. The zero-order valence-corrected chi connectivity index (χ0v) is 17.4. The lowest BCUT2D eigenvalue weighted by molar-refractivity contribution is 0.0454. The molecule has 1 fully saturated rings. The van der Waals surface area contributed by atoms with Crippen LogP contribution < -0.4 is 0 Å². The van der Waals surface area contributed by atoms with Gasteiger partial charge in [-0.25, -0.2) is 4.68 Å². The van der Waals surface area contributed by atoms with Gasteiger partial charge in [0.15, 0.2) is 0 Å². The molecule has 0 unspecified atom stereocenters. The molecule has 1 aliphatic rings. The highest BCUT2D eigenvalue weighted by Gasteiger charge is 2.27. The standard InChI is InChI=1S/C22H27ClN4O2/c1-17-2-7-22(29-17)16-26-10-9-25(15-21(26)8-11-28)13-18-12-24-27(14-18)20-5-3-19(23)4-6-20/h2-7,12,14,21,28H,8-11,13,15-16H2,1H3/t21-/m1/s1. The smallest absolute Gasteiger partial charge is 0.118 e. The minimum absolute atomic E-state index is 0.195. The molecule has 1 saturated heterocycles. The van der Waals surface area contributed by atoms with Gasteiger partial charge in [0.2, 0.25) is 0 Å².